The molecule has 1 rings (SSSR count). The normalized spacial score (nSPS) is 17.8. The standard InChI is InChI=1S/C44H76NO11P/c1-3-5-7-9-11-13-14-15-16-17-18-20-22-24-29-33-42(46)52-35-38(36-53-57(50,51)54-37-39(45)44(48)49)55-43(47)34-30-26-25-28-32-41-40(56-41)31-27-23-21-19-12-10-8-6-4-2/h12,15-16,19,23,25,27-28,38-41H,3-11,13-14,17-18,20-22,24,26,29-37,45H2,1-2H3,(H,48,49)(H,50,51)/b16-15-,19-12-,27-23-,28-25-. The molecule has 0 aromatic rings. The molecule has 0 spiro atoms. The van der Waals surface area contributed by atoms with Crippen LogP contribution in [0.25, 0.3) is 0 Å². The van der Waals surface area contributed by atoms with Crippen LogP contribution in [0.2, 0.25) is 0 Å². The van der Waals surface area contributed by atoms with Crippen molar-refractivity contribution in [2.24, 2.45) is 5.73 Å². The fourth-order valence-electron chi connectivity index (χ4n) is 5.86. The first kappa shape index (κ1) is 52.4. The van der Waals surface area contributed by atoms with Gasteiger partial charge in [0.25, 0.3) is 0 Å². The van der Waals surface area contributed by atoms with Gasteiger partial charge in [0.1, 0.15) is 12.6 Å². The minimum Gasteiger partial charge on any atom is -0.480 e. The van der Waals surface area contributed by atoms with E-state index in [1.807, 2.05) is 6.08 Å². The third-order valence-corrected chi connectivity index (χ3v) is 10.4. The molecule has 328 valence electrons. The zero-order valence-corrected chi connectivity index (χ0v) is 36.0. The van der Waals surface area contributed by atoms with Crippen molar-refractivity contribution in [2.75, 3.05) is 19.8 Å². The van der Waals surface area contributed by atoms with Crippen LogP contribution in [0, 0.1) is 0 Å². The van der Waals surface area contributed by atoms with Crippen LogP contribution < -0.4 is 5.73 Å². The number of ether oxygens (including phenoxy) is 3. The molecular formula is C44H76NO11P. The summed E-state index contributed by atoms with van der Waals surface area (Å²) in [6, 6.07) is -1.54. The molecule has 0 aromatic heterocycles. The van der Waals surface area contributed by atoms with Gasteiger partial charge in [-0.3, -0.25) is 23.4 Å². The Balaban J connectivity index is 2.35. The van der Waals surface area contributed by atoms with Crippen molar-refractivity contribution >= 4 is 25.7 Å². The van der Waals surface area contributed by atoms with Crippen molar-refractivity contribution in [1.82, 2.24) is 0 Å². The van der Waals surface area contributed by atoms with E-state index in [-0.39, 0.29) is 31.7 Å². The molecule has 0 aromatic carbocycles. The SMILES string of the molecule is CCCCC/C=C\C/C=C\CC1OC1C/C=C\CCCC(=O)OC(COC(=O)CCCCCCC/C=C\CCCCCCCC)COP(=O)(O)OCC(N)C(=O)O. The van der Waals surface area contributed by atoms with Crippen LogP contribution >= 0.6 is 7.82 Å². The Labute approximate surface area is 343 Å². The highest BCUT2D eigenvalue weighted by atomic mass is 31.2. The molecule has 4 N–H and O–H groups in total. The van der Waals surface area contributed by atoms with E-state index < -0.39 is 51.1 Å². The zero-order valence-electron chi connectivity index (χ0n) is 35.1. The second-order valence-corrected chi connectivity index (χ2v) is 16.3. The summed E-state index contributed by atoms with van der Waals surface area (Å²) in [6.45, 7) is 2.68. The number of hydrogen-bond acceptors (Lipinski definition) is 10. The number of esters is 2. The maximum absolute atomic E-state index is 12.6. The van der Waals surface area contributed by atoms with Gasteiger partial charge in [-0.15, -0.1) is 0 Å². The van der Waals surface area contributed by atoms with Gasteiger partial charge in [-0.1, -0.05) is 127 Å². The minimum atomic E-state index is -4.74. The topological polar surface area (TPSA) is 184 Å². The molecule has 0 bridgehead atoms. The Kier molecular flexibility index (Phi) is 32.5. The molecule has 13 heteroatoms. The maximum atomic E-state index is 12.6. The predicted octanol–water partition coefficient (Wildman–Crippen LogP) is 10.4. The average Bonchev–Trinajstić information content (AvgIpc) is 3.94. The number of carbonyl (C=O) groups is 3. The number of rotatable bonds is 39. The minimum absolute atomic E-state index is 0.0743. The summed E-state index contributed by atoms with van der Waals surface area (Å²) in [5, 5.41) is 8.89. The second-order valence-electron chi connectivity index (χ2n) is 14.9. The van der Waals surface area contributed by atoms with Crippen LogP contribution in [0.1, 0.15) is 168 Å². The lowest BCUT2D eigenvalue weighted by Crippen LogP contribution is -2.34. The quantitative estimate of drug-likeness (QED) is 0.0175. The Hall–Kier alpha value is -2.60. The number of carboxylic acid groups (broad SMARTS) is 1. The number of carbonyl (C=O) groups excluding carboxylic acids is 2. The molecule has 1 fully saturated rings. The molecule has 5 unspecified atom stereocenters. The summed E-state index contributed by atoms with van der Waals surface area (Å²) in [7, 11) is -4.74. The van der Waals surface area contributed by atoms with Crippen LogP contribution in [0.3, 0.4) is 0 Å². The first-order valence-corrected chi connectivity index (χ1v) is 23.3. The summed E-state index contributed by atoms with van der Waals surface area (Å²) in [6.07, 6.45) is 40.6. The Morgan fingerprint density at radius 2 is 1.11 bits per heavy atom. The van der Waals surface area contributed by atoms with Gasteiger partial charge in [-0.2, -0.15) is 0 Å². The molecule has 57 heavy (non-hydrogen) atoms. The van der Waals surface area contributed by atoms with E-state index in [1.54, 1.807) is 0 Å². The largest absolute Gasteiger partial charge is 0.480 e. The summed E-state index contributed by atoms with van der Waals surface area (Å²) < 4.78 is 38.4. The maximum Gasteiger partial charge on any atom is 0.472 e. The fraction of sp³-hybridized carbons (Fsp3) is 0.750. The van der Waals surface area contributed by atoms with Crippen LogP contribution in [0.4, 0.5) is 0 Å². The number of epoxide rings is 1. The van der Waals surface area contributed by atoms with E-state index in [1.165, 1.54) is 57.8 Å². The average molecular weight is 826 g/mol. The van der Waals surface area contributed by atoms with Crippen molar-refractivity contribution in [3.63, 3.8) is 0 Å². The second kappa shape index (κ2) is 35.4. The molecule has 12 nitrogen and oxygen atoms in total. The van der Waals surface area contributed by atoms with E-state index in [2.05, 4.69) is 60.9 Å². The van der Waals surface area contributed by atoms with Crippen molar-refractivity contribution in [1.29, 1.82) is 0 Å². The van der Waals surface area contributed by atoms with E-state index in [0.29, 0.717) is 19.3 Å². The predicted molar refractivity (Wildman–Crippen MR) is 226 cm³/mol. The number of unbranched alkanes of at least 4 members (excludes halogenated alkanes) is 15. The number of aliphatic carboxylic acids is 1. The molecule has 5 atom stereocenters. The molecule has 0 amide bonds. The van der Waals surface area contributed by atoms with Gasteiger partial charge in [0.05, 0.1) is 25.4 Å². The van der Waals surface area contributed by atoms with Crippen molar-refractivity contribution in [3.05, 3.63) is 48.6 Å². The van der Waals surface area contributed by atoms with Gasteiger partial charge in [-0.05, 0) is 77.0 Å². The van der Waals surface area contributed by atoms with E-state index in [9.17, 15) is 23.8 Å². The Bertz CT molecular complexity index is 1220. The summed E-state index contributed by atoms with van der Waals surface area (Å²) in [5.74, 6) is -2.47. The highest BCUT2D eigenvalue weighted by Gasteiger charge is 2.36. The van der Waals surface area contributed by atoms with Crippen molar-refractivity contribution < 1.29 is 52.2 Å². The fourth-order valence-corrected chi connectivity index (χ4v) is 6.64. The van der Waals surface area contributed by atoms with Gasteiger partial charge in [0.2, 0.25) is 0 Å². The van der Waals surface area contributed by atoms with E-state index >= 15 is 0 Å². The van der Waals surface area contributed by atoms with Gasteiger partial charge >= 0.3 is 25.7 Å². The highest BCUT2D eigenvalue weighted by Crippen LogP contribution is 2.43. The smallest absolute Gasteiger partial charge is 0.472 e. The Morgan fingerprint density at radius 3 is 1.75 bits per heavy atom. The number of nitrogens with two attached hydrogens (primary N) is 1. The third kappa shape index (κ3) is 33.0. The number of phosphoric ester groups is 1. The molecule has 1 aliphatic heterocycles. The first-order valence-electron chi connectivity index (χ1n) is 21.8. The molecule has 0 aliphatic carbocycles. The molecule has 0 saturated carbocycles. The number of hydrogen-bond donors (Lipinski definition) is 3. The van der Waals surface area contributed by atoms with Gasteiger partial charge in [0.15, 0.2) is 6.10 Å². The van der Waals surface area contributed by atoms with Gasteiger partial charge in [0, 0.05) is 12.8 Å². The van der Waals surface area contributed by atoms with Crippen LogP contribution in [-0.2, 0) is 42.2 Å². The van der Waals surface area contributed by atoms with Gasteiger partial charge in [-0.25, -0.2) is 4.57 Å². The molecular weight excluding hydrogens is 749 g/mol. The summed E-state index contributed by atoms with van der Waals surface area (Å²) in [5.41, 5.74) is 5.33. The number of phosphoric acid groups is 1. The van der Waals surface area contributed by atoms with Gasteiger partial charge < -0.3 is 29.9 Å². The van der Waals surface area contributed by atoms with Crippen molar-refractivity contribution in [2.45, 2.75) is 192 Å². The van der Waals surface area contributed by atoms with Crippen LogP contribution in [0.15, 0.2) is 48.6 Å². The first-order chi connectivity index (χ1) is 27.6. The molecule has 0 radical (unpaired) electrons. The zero-order chi connectivity index (χ0) is 41.8. The van der Waals surface area contributed by atoms with E-state index in [0.717, 1.165) is 64.2 Å². The van der Waals surface area contributed by atoms with Crippen LogP contribution in [0.5, 0.6) is 0 Å². The highest BCUT2D eigenvalue weighted by molar-refractivity contribution is 7.47. The molecule has 1 aliphatic rings. The van der Waals surface area contributed by atoms with Crippen molar-refractivity contribution in [3.8, 4) is 0 Å². The summed E-state index contributed by atoms with van der Waals surface area (Å²) in [4.78, 5) is 46.0. The molecule has 1 saturated heterocycles. The van der Waals surface area contributed by atoms with E-state index in [4.69, 9.17) is 29.6 Å². The number of allylic oxidation sites excluding steroid dienone is 6. The van der Waals surface area contributed by atoms with Crippen LogP contribution in [-0.4, -0.2) is 72.1 Å². The third-order valence-electron chi connectivity index (χ3n) is 9.45. The lowest BCUT2D eigenvalue weighted by Gasteiger charge is -2.20. The number of carboxylic acids is 1. The summed E-state index contributed by atoms with van der Waals surface area (Å²) >= 11 is 0. The lowest BCUT2D eigenvalue weighted by atomic mass is 10.1. The Morgan fingerprint density at radius 1 is 0.632 bits per heavy atom. The monoisotopic (exact) mass is 826 g/mol. The molecule has 1 heterocycles. The lowest BCUT2D eigenvalue weighted by molar-refractivity contribution is -0.161.